The first-order valence-electron chi connectivity index (χ1n) is 7.76. The lowest BCUT2D eigenvalue weighted by Crippen LogP contribution is -2.44. The predicted octanol–water partition coefficient (Wildman–Crippen LogP) is 1.24. The van der Waals surface area contributed by atoms with E-state index < -0.39 is 23.7 Å². The van der Waals surface area contributed by atoms with Crippen molar-refractivity contribution in [3.05, 3.63) is 35.4 Å². The molecule has 1 aliphatic heterocycles. The lowest BCUT2D eigenvalue weighted by molar-refractivity contribution is -0.138. The van der Waals surface area contributed by atoms with Gasteiger partial charge in [0.15, 0.2) is 0 Å². The first kappa shape index (κ1) is 17.7. The third kappa shape index (κ3) is 3.79. The highest BCUT2D eigenvalue weighted by molar-refractivity contribution is 6.22. The summed E-state index contributed by atoms with van der Waals surface area (Å²) in [5.74, 6) is -2.28. The lowest BCUT2D eigenvalue weighted by Gasteiger charge is -2.26. The Labute approximate surface area is 139 Å². The molecule has 1 N–H and O–H groups in total. The molecule has 0 atom stereocenters. The summed E-state index contributed by atoms with van der Waals surface area (Å²) in [6, 6.07) is 6.42. The lowest BCUT2D eigenvalue weighted by atomic mass is 10.1. The van der Waals surface area contributed by atoms with Gasteiger partial charge in [0.1, 0.15) is 6.54 Å². The Bertz CT molecular complexity index is 648. The van der Waals surface area contributed by atoms with Crippen molar-refractivity contribution in [3.8, 4) is 0 Å². The maximum atomic E-state index is 12.5. The summed E-state index contributed by atoms with van der Waals surface area (Å²) in [7, 11) is 0. The van der Waals surface area contributed by atoms with Gasteiger partial charge in [-0.2, -0.15) is 0 Å². The van der Waals surface area contributed by atoms with Gasteiger partial charge in [-0.1, -0.05) is 26.0 Å². The van der Waals surface area contributed by atoms with E-state index in [9.17, 15) is 19.2 Å². The smallest absolute Gasteiger partial charge is 0.305 e. The van der Waals surface area contributed by atoms with Crippen LogP contribution < -0.4 is 0 Å². The van der Waals surface area contributed by atoms with E-state index in [-0.39, 0.29) is 36.6 Å². The van der Waals surface area contributed by atoms with Gasteiger partial charge in [0.2, 0.25) is 5.91 Å². The molecule has 0 aliphatic carbocycles. The summed E-state index contributed by atoms with van der Waals surface area (Å²) in [4.78, 5) is 50.1. The number of imide groups is 1. The number of nitrogens with zero attached hydrogens (tertiary/aromatic N) is 2. The van der Waals surface area contributed by atoms with E-state index in [2.05, 4.69) is 0 Å². The molecule has 1 aromatic rings. The molecule has 0 fully saturated rings. The average Bonchev–Trinajstić information content (AvgIpc) is 2.76. The van der Waals surface area contributed by atoms with E-state index in [1.807, 2.05) is 13.8 Å². The van der Waals surface area contributed by atoms with Crippen LogP contribution in [-0.4, -0.2) is 58.2 Å². The van der Waals surface area contributed by atoms with Crippen molar-refractivity contribution in [2.75, 3.05) is 19.6 Å². The van der Waals surface area contributed by atoms with E-state index >= 15 is 0 Å². The van der Waals surface area contributed by atoms with E-state index in [1.165, 1.54) is 4.90 Å². The fraction of sp³-hybridized carbons (Fsp3) is 0.412. The molecule has 0 radical (unpaired) electrons. The van der Waals surface area contributed by atoms with Crippen molar-refractivity contribution in [1.29, 1.82) is 0 Å². The molecule has 0 bridgehead atoms. The number of carbonyl (C=O) groups excluding carboxylic acids is 3. The minimum atomic E-state index is -1.00. The minimum absolute atomic E-state index is 0.0511. The molecule has 0 saturated heterocycles. The molecule has 2 rings (SSSR count). The Morgan fingerprint density at radius 2 is 1.67 bits per heavy atom. The molecule has 1 heterocycles. The molecule has 0 saturated carbocycles. The standard InChI is InChI=1S/C17H20N2O5/c1-11(2)9-18(8-7-15(21)22)14(20)10-19-16(23)12-5-3-4-6-13(12)17(19)24/h3-6,11H,7-10H2,1-2H3,(H,21,22). The van der Waals surface area contributed by atoms with Crippen molar-refractivity contribution in [2.45, 2.75) is 20.3 Å². The van der Waals surface area contributed by atoms with Gasteiger partial charge in [-0.05, 0) is 18.1 Å². The van der Waals surface area contributed by atoms with Crippen molar-refractivity contribution in [2.24, 2.45) is 5.92 Å². The number of benzene rings is 1. The molecule has 1 aromatic carbocycles. The fourth-order valence-electron chi connectivity index (χ4n) is 2.61. The molecule has 1 aliphatic rings. The molecule has 7 heteroatoms. The molecule has 0 aromatic heterocycles. The van der Waals surface area contributed by atoms with Gasteiger partial charge in [-0.25, -0.2) is 0 Å². The van der Waals surface area contributed by atoms with Crippen molar-refractivity contribution in [3.63, 3.8) is 0 Å². The SMILES string of the molecule is CC(C)CN(CCC(=O)O)C(=O)CN1C(=O)c2ccccc2C1=O. The minimum Gasteiger partial charge on any atom is -0.481 e. The summed E-state index contributed by atoms with van der Waals surface area (Å²) in [5, 5.41) is 8.81. The van der Waals surface area contributed by atoms with Gasteiger partial charge in [0.05, 0.1) is 17.5 Å². The highest BCUT2D eigenvalue weighted by Gasteiger charge is 2.37. The van der Waals surface area contributed by atoms with Crippen LogP contribution in [0.3, 0.4) is 0 Å². The van der Waals surface area contributed by atoms with Crippen LogP contribution in [-0.2, 0) is 9.59 Å². The van der Waals surface area contributed by atoms with E-state index in [0.29, 0.717) is 6.54 Å². The molecule has 3 amide bonds. The quantitative estimate of drug-likeness (QED) is 0.758. The molecule has 128 valence electrons. The molecule has 0 unspecified atom stereocenters. The average molecular weight is 332 g/mol. The van der Waals surface area contributed by atoms with Gasteiger partial charge in [0.25, 0.3) is 11.8 Å². The summed E-state index contributed by atoms with van der Waals surface area (Å²) in [6.45, 7) is 3.86. The zero-order valence-electron chi connectivity index (χ0n) is 13.7. The topological polar surface area (TPSA) is 95.0 Å². The second kappa shape index (κ2) is 7.25. The van der Waals surface area contributed by atoms with Crippen molar-refractivity contribution >= 4 is 23.7 Å². The summed E-state index contributed by atoms with van der Waals surface area (Å²) in [6.07, 6.45) is -0.180. The molecule has 24 heavy (non-hydrogen) atoms. The zero-order chi connectivity index (χ0) is 17.9. The Hall–Kier alpha value is -2.70. The maximum Gasteiger partial charge on any atom is 0.305 e. The van der Waals surface area contributed by atoms with Gasteiger partial charge in [0, 0.05) is 13.1 Å². The van der Waals surface area contributed by atoms with E-state index in [1.54, 1.807) is 24.3 Å². The largest absolute Gasteiger partial charge is 0.481 e. The monoisotopic (exact) mass is 332 g/mol. The first-order valence-corrected chi connectivity index (χ1v) is 7.76. The van der Waals surface area contributed by atoms with Gasteiger partial charge >= 0.3 is 5.97 Å². The number of fused-ring (bicyclic) bond motifs is 1. The predicted molar refractivity (Wildman–Crippen MR) is 85.5 cm³/mol. The highest BCUT2D eigenvalue weighted by Crippen LogP contribution is 2.22. The molecular formula is C17H20N2O5. The highest BCUT2D eigenvalue weighted by atomic mass is 16.4. The first-order chi connectivity index (χ1) is 11.3. The van der Waals surface area contributed by atoms with Gasteiger partial charge in [-0.15, -0.1) is 0 Å². The number of carboxylic acids is 1. The summed E-state index contributed by atoms with van der Waals surface area (Å²) < 4.78 is 0. The van der Waals surface area contributed by atoms with E-state index in [4.69, 9.17) is 5.11 Å². The number of carbonyl (C=O) groups is 4. The van der Waals surface area contributed by atoms with Gasteiger partial charge < -0.3 is 10.0 Å². The number of amides is 3. The van der Waals surface area contributed by atoms with Crippen molar-refractivity contribution < 1.29 is 24.3 Å². The Kier molecular flexibility index (Phi) is 5.33. The molecule has 7 nitrogen and oxygen atoms in total. The Morgan fingerprint density at radius 3 is 2.12 bits per heavy atom. The normalized spacial score (nSPS) is 13.4. The van der Waals surface area contributed by atoms with Crippen LogP contribution in [0.4, 0.5) is 0 Å². The van der Waals surface area contributed by atoms with E-state index in [0.717, 1.165) is 4.90 Å². The number of hydrogen-bond donors (Lipinski definition) is 1. The maximum absolute atomic E-state index is 12.5. The van der Waals surface area contributed by atoms with Crippen LogP contribution >= 0.6 is 0 Å². The third-order valence-electron chi connectivity index (χ3n) is 3.71. The van der Waals surface area contributed by atoms with Crippen LogP contribution in [0.2, 0.25) is 0 Å². The van der Waals surface area contributed by atoms with Crippen LogP contribution in [0.5, 0.6) is 0 Å². The second-order valence-electron chi connectivity index (χ2n) is 6.12. The molecule has 0 spiro atoms. The van der Waals surface area contributed by atoms with Gasteiger partial charge in [-0.3, -0.25) is 24.1 Å². The van der Waals surface area contributed by atoms with Crippen LogP contribution in [0.1, 0.15) is 41.0 Å². The Morgan fingerprint density at radius 1 is 1.12 bits per heavy atom. The van der Waals surface area contributed by atoms with Crippen molar-refractivity contribution in [1.82, 2.24) is 9.80 Å². The zero-order valence-corrected chi connectivity index (χ0v) is 13.7. The second-order valence-corrected chi connectivity index (χ2v) is 6.12. The van der Waals surface area contributed by atoms with Crippen LogP contribution in [0.15, 0.2) is 24.3 Å². The molecular weight excluding hydrogens is 312 g/mol. The summed E-state index contributed by atoms with van der Waals surface area (Å²) >= 11 is 0. The fourth-order valence-corrected chi connectivity index (χ4v) is 2.61. The number of rotatable bonds is 7. The van der Waals surface area contributed by atoms with Crippen LogP contribution in [0.25, 0.3) is 0 Å². The number of carboxylic acid groups (broad SMARTS) is 1. The number of aliphatic carboxylic acids is 1. The third-order valence-corrected chi connectivity index (χ3v) is 3.71. The summed E-state index contributed by atoms with van der Waals surface area (Å²) in [5.41, 5.74) is 0.576. The Balaban J connectivity index is 2.10. The van der Waals surface area contributed by atoms with Crippen LogP contribution in [0, 0.1) is 5.92 Å². The number of hydrogen-bond acceptors (Lipinski definition) is 4.